The van der Waals surface area contributed by atoms with Crippen LogP contribution >= 0.6 is 0 Å². The van der Waals surface area contributed by atoms with Crippen molar-refractivity contribution in [2.75, 3.05) is 14.2 Å². The van der Waals surface area contributed by atoms with Crippen LogP contribution in [-0.2, 0) is 33.4 Å². The molecular formula is C46H60N4O9. The Morgan fingerprint density at radius 1 is 0.847 bits per heavy atom. The third kappa shape index (κ3) is 11.4. The van der Waals surface area contributed by atoms with Gasteiger partial charge in [0, 0.05) is 35.1 Å². The number of pyridine rings is 1. The van der Waals surface area contributed by atoms with E-state index in [9.17, 15) is 24.0 Å². The molecule has 0 radical (unpaired) electrons. The van der Waals surface area contributed by atoms with Gasteiger partial charge in [-0.05, 0) is 69.6 Å². The number of methoxy groups -OCH3 is 2. The molecular weight excluding hydrogens is 753 g/mol. The molecule has 3 amide bonds. The zero-order valence-electron chi connectivity index (χ0n) is 35.8. The van der Waals surface area contributed by atoms with Gasteiger partial charge in [0.1, 0.15) is 41.3 Å². The van der Waals surface area contributed by atoms with E-state index in [4.69, 9.17) is 23.9 Å². The van der Waals surface area contributed by atoms with Crippen LogP contribution in [0.4, 0.5) is 0 Å². The predicted molar refractivity (Wildman–Crippen MR) is 224 cm³/mol. The maximum atomic E-state index is 14.5. The largest absolute Gasteiger partial charge is 0.497 e. The van der Waals surface area contributed by atoms with Gasteiger partial charge in [0.15, 0.2) is 0 Å². The number of fused-ring (bicyclic) bond motifs is 1. The third-order valence-electron chi connectivity index (χ3n) is 10.8. The lowest BCUT2D eigenvalue weighted by Crippen LogP contribution is -2.58. The summed E-state index contributed by atoms with van der Waals surface area (Å²) in [6, 6.07) is 14.0. The minimum atomic E-state index is -1.10. The summed E-state index contributed by atoms with van der Waals surface area (Å²) in [6.45, 7) is 12.4. The van der Waals surface area contributed by atoms with Crippen molar-refractivity contribution in [2.45, 2.75) is 123 Å². The molecule has 1 saturated carbocycles. The molecule has 0 saturated heterocycles. The first-order chi connectivity index (χ1) is 27.9. The number of carbonyl (C=O) groups excluding carboxylic acids is 5. The maximum Gasteiger partial charge on any atom is 0.329 e. The Labute approximate surface area is 347 Å². The van der Waals surface area contributed by atoms with E-state index in [1.807, 2.05) is 69.3 Å². The smallest absolute Gasteiger partial charge is 0.329 e. The summed E-state index contributed by atoms with van der Waals surface area (Å²) in [5.74, 6) is -2.96. The molecule has 3 N–H and O–H groups in total. The van der Waals surface area contributed by atoms with E-state index in [-0.39, 0.29) is 24.3 Å². The number of hydrogen-bond acceptors (Lipinski definition) is 10. The average molecular weight is 813 g/mol. The van der Waals surface area contributed by atoms with Crippen LogP contribution in [0.1, 0.15) is 93.4 Å². The lowest BCUT2D eigenvalue weighted by atomic mass is 9.82. The number of amides is 3. The van der Waals surface area contributed by atoms with E-state index in [1.165, 1.54) is 7.11 Å². The molecule has 0 spiro atoms. The second-order valence-electron chi connectivity index (χ2n) is 17.5. The molecule has 2 aromatic carbocycles. The highest BCUT2D eigenvalue weighted by molar-refractivity contribution is 6.04. The molecule has 1 fully saturated rings. The molecule has 13 heteroatoms. The monoisotopic (exact) mass is 812 g/mol. The van der Waals surface area contributed by atoms with E-state index >= 15 is 0 Å². The van der Waals surface area contributed by atoms with Gasteiger partial charge < -0.3 is 34.9 Å². The fourth-order valence-electron chi connectivity index (χ4n) is 7.69. The molecule has 5 rings (SSSR count). The summed E-state index contributed by atoms with van der Waals surface area (Å²) in [5.41, 5.74) is 0.614. The Morgan fingerprint density at radius 2 is 1.54 bits per heavy atom. The van der Waals surface area contributed by atoms with Gasteiger partial charge in [0.2, 0.25) is 17.7 Å². The Kier molecular flexibility index (Phi) is 14.4. The number of ether oxygens (including phenoxy) is 4. The van der Waals surface area contributed by atoms with Crippen LogP contribution < -0.4 is 25.4 Å². The molecule has 0 aliphatic heterocycles. The Hall–Kier alpha value is -5.46. The predicted octanol–water partition coefficient (Wildman–Crippen LogP) is 6.61. The molecule has 59 heavy (non-hydrogen) atoms. The number of aromatic nitrogens is 1. The highest BCUT2D eigenvalue weighted by Crippen LogP contribution is 2.37. The van der Waals surface area contributed by atoms with Crippen molar-refractivity contribution in [2.24, 2.45) is 17.3 Å². The van der Waals surface area contributed by atoms with Crippen LogP contribution in [0.5, 0.6) is 11.5 Å². The van der Waals surface area contributed by atoms with Crippen molar-refractivity contribution in [3.8, 4) is 22.8 Å². The minimum Gasteiger partial charge on any atom is -0.497 e. The normalized spacial score (nSPS) is 18.8. The highest BCUT2D eigenvalue weighted by Gasteiger charge is 2.43. The molecule has 13 nitrogen and oxygen atoms in total. The second-order valence-corrected chi connectivity index (χ2v) is 17.5. The van der Waals surface area contributed by atoms with Gasteiger partial charge in [-0.25, -0.2) is 14.6 Å². The summed E-state index contributed by atoms with van der Waals surface area (Å²) in [6.07, 6.45) is 5.62. The topological polar surface area (TPSA) is 171 Å². The van der Waals surface area contributed by atoms with Gasteiger partial charge in [0.25, 0.3) is 0 Å². The average Bonchev–Trinajstić information content (AvgIpc) is 3.63. The first-order valence-corrected chi connectivity index (χ1v) is 20.6. The van der Waals surface area contributed by atoms with Crippen molar-refractivity contribution in [3.63, 3.8) is 0 Å². The summed E-state index contributed by atoms with van der Waals surface area (Å²) in [7, 11) is 2.87. The molecule has 0 bridgehead atoms. The van der Waals surface area contributed by atoms with Crippen LogP contribution in [0.2, 0.25) is 0 Å². The van der Waals surface area contributed by atoms with Crippen LogP contribution in [-0.4, -0.2) is 78.7 Å². The summed E-state index contributed by atoms with van der Waals surface area (Å²) < 4.78 is 22.8. The maximum absolute atomic E-state index is 14.5. The Morgan fingerprint density at radius 3 is 2.15 bits per heavy atom. The molecule has 1 aromatic heterocycles. The van der Waals surface area contributed by atoms with Gasteiger partial charge in [0.05, 0.1) is 31.3 Å². The molecule has 2 aliphatic rings. The van der Waals surface area contributed by atoms with E-state index in [1.54, 1.807) is 46.9 Å². The van der Waals surface area contributed by atoms with Crippen LogP contribution in [0.25, 0.3) is 22.2 Å². The van der Waals surface area contributed by atoms with Gasteiger partial charge >= 0.3 is 11.9 Å². The lowest BCUT2D eigenvalue weighted by Gasteiger charge is -2.34. The number of esters is 2. The highest BCUT2D eigenvalue weighted by atomic mass is 16.6. The molecule has 318 valence electrons. The van der Waals surface area contributed by atoms with Crippen LogP contribution in [0, 0.1) is 17.3 Å². The van der Waals surface area contributed by atoms with E-state index < -0.39 is 70.8 Å². The summed E-state index contributed by atoms with van der Waals surface area (Å²) >= 11 is 0. The standard InChI is InChI=1S/C46H60N4O9/c1-10-34(43(54)59-46(5,6)7)48-40(51)32-23-30(58-37-26-35(27-17-13-11-14-18-27)47-36-25-29(56-8)21-22-31(36)37)24-33(32)41(52)50-39(45(2,3)4)42(53)49-38(44(55)57-9)28-19-15-12-16-20-28/h11,13-14,17-18,21-22,24-26,28,30,32,34,38-39H,10,12,15-16,19-20,23H2,1-9H3,(H,48,51)(H,49,53)(H,50,52)/t30?,32?,34-,38-,39+/m0/s1. The fraction of sp³-hybridized carbons (Fsp3) is 0.522. The molecule has 2 aliphatic carbocycles. The number of rotatable bonds is 14. The van der Waals surface area contributed by atoms with Gasteiger partial charge in [-0.15, -0.1) is 0 Å². The second kappa shape index (κ2) is 19.1. The minimum absolute atomic E-state index is 0.0540. The fourth-order valence-corrected chi connectivity index (χ4v) is 7.69. The molecule has 2 unspecified atom stereocenters. The molecule has 1 heterocycles. The van der Waals surface area contributed by atoms with Gasteiger partial charge in [-0.1, -0.05) is 77.3 Å². The Bertz CT molecular complexity index is 2030. The SMILES string of the molecule is CC[C@H](NC(=O)C1CC(Oc2cc(-c3ccccc3)nc3cc(OC)ccc23)C=C1C(=O)N[C@H](C(=O)N[C@H](C(=O)OC)C1CCCCC1)C(C)(C)C)C(=O)OC(C)(C)C. The summed E-state index contributed by atoms with van der Waals surface area (Å²) in [5, 5.41) is 9.32. The van der Waals surface area contributed by atoms with Crippen LogP contribution in [0.3, 0.4) is 0 Å². The number of nitrogens with one attached hydrogen (secondary N) is 3. The van der Waals surface area contributed by atoms with Crippen molar-refractivity contribution < 1.29 is 42.9 Å². The van der Waals surface area contributed by atoms with Gasteiger partial charge in [-0.2, -0.15) is 0 Å². The van der Waals surface area contributed by atoms with E-state index in [0.29, 0.717) is 28.1 Å². The first kappa shape index (κ1) is 44.6. The molecule has 5 atom stereocenters. The number of carbonyl (C=O) groups is 5. The lowest BCUT2D eigenvalue weighted by molar-refractivity contribution is -0.159. The van der Waals surface area contributed by atoms with Crippen molar-refractivity contribution in [1.29, 1.82) is 0 Å². The van der Waals surface area contributed by atoms with E-state index in [0.717, 1.165) is 37.7 Å². The number of hydrogen-bond donors (Lipinski definition) is 3. The van der Waals surface area contributed by atoms with Crippen molar-refractivity contribution >= 4 is 40.6 Å². The third-order valence-corrected chi connectivity index (χ3v) is 10.8. The summed E-state index contributed by atoms with van der Waals surface area (Å²) in [4.78, 5) is 73.8. The molecule has 3 aromatic rings. The van der Waals surface area contributed by atoms with Crippen LogP contribution in [0.15, 0.2) is 66.2 Å². The zero-order chi connectivity index (χ0) is 43.1. The van der Waals surface area contributed by atoms with Gasteiger partial charge in [-0.3, -0.25) is 14.4 Å². The van der Waals surface area contributed by atoms with E-state index in [2.05, 4.69) is 16.0 Å². The zero-order valence-corrected chi connectivity index (χ0v) is 35.8. The number of benzene rings is 2. The first-order valence-electron chi connectivity index (χ1n) is 20.6. The number of nitrogens with zero attached hydrogens (tertiary/aromatic N) is 1. The van der Waals surface area contributed by atoms with Crippen molar-refractivity contribution in [1.82, 2.24) is 20.9 Å². The quantitative estimate of drug-likeness (QED) is 0.151. The Balaban J connectivity index is 1.49. The van der Waals surface area contributed by atoms with Crippen molar-refractivity contribution in [3.05, 3.63) is 66.2 Å².